The molecular weight excluding hydrogens is 369 g/mol. The van der Waals surface area contributed by atoms with Gasteiger partial charge in [-0.3, -0.25) is 4.99 Å². The Bertz CT molecular complexity index is 687. The Labute approximate surface area is 165 Å². The molecule has 1 fully saturated rings. The first-order valence-electron chi connectivity index (χ1n) is 9.27. The molecular formula is C19H29ClFN5O. The summed E-state index contributed by atoms with van der Waals surface area (Å²) < 4.78 is 13.3. The van der Waals surface area contributed by atoms with E-state index in [-0.39, 0.29) is 23.3 Å². The number of likely N-dealkylation sites (tertiary alicyclic amines) is 1. The summed E-state index contributed by atoms with van der Waals surface area (Å²) in [6.07, 6.45) is 1.64. The molecule has 150 valence electrons. The average Bonchev–Trinajstić information content (AvgIpc) is 2.60. The second-order valence-corrected chi connectivity index (χ2v) is 7.85. The molecule has 1 heterocycles. The van der Waals surface area contributed by atoms with Crippen LogP contribution < -0.4 is 16.4 Å². The number of hydrogen-bond donors (Lipinski definition) is 3. The number of nitrogens with one attached hydrogen (secondary N) is 2. The Kier molecular flexibility index (Phi) is 7.30. The summed E-state index contributed by atoms with van der Waals surface area (Å²) in [5.74, 6) is 0.377. The van der Waals surface area contributed by atoms with Crippen LogP contribution in [0.5, 0.6) is 0 Å². The van der Waals surface area contributed by atoms with Gasteiger partial charge in [-0.2, -0.15) is 0 Å². The van der Waals surface area contributed by atoms with Crippen LogP contribution in [0.4, 0.5) is 9.18 Å². The number of carbonyl (C=O) groups excluding carboxylic acids is 1. The zero-order chi connectivity index (χ0) is 20.0. The number of aliphatic imine (C=N–C) groups is 1. The van der Waals surface area contributed by atoms with E-state index in [1.807, 2.05) is 20.8 Å². The minimum absolute atomic E-state index is 0.232. The SMILES string of the molecule is CCNC(=NCC(C)(C)c1ccc(F)cc1Cl)NC1CCN(C(N)=O)CC1. The Balaban J connectivity index is 2.03. The Morgan fingerprint density at radius 2 is 2.07 bits per heavy atom. The standard InChI is InChI=1S/C19H29ClFN5O/c1-4-23-18(25-14-7-9-26(10-8-14)17(22)27)24-12-19(2,3)15-6-5-13(21)11-16(15)20/h5-6,11,14H,4,7-10,12H2,1-3H3,(H2,22,27)(H2,23,24,25). The lowest BCUT2D eigenvalue weighted by atomic mass is 9.84. The van der Waals surface area contributed by atoms with Gasteiger partial charge >= 0.3 is 6.03 Å². The number of nitrogens with zero attached hydrogens (tertiary/aromatic N) is 2. The van der Waals surface area contributed by atoms with Crippen molar-refractivity contribution >= 4 is 23.6 Å². The van der Waals surface area contributed by atoms with Crippen LogP contribution in [-0.4, -0.2) is 49.1 Å². The third kappa shape index (κ3) is 5.99. The minimum atomic E-state index is -0.369. The largest absolute Gasteiger partial charge is 0.357 e. The molecule has 0 spiro atoms. The fourth-order valence-electron chi connectivity index (χ4n) is 3.16. The molecule has 1 saturated heterocycles. The molecule has 0 radical (unpaired) electrons. The third-order valence-corrected chi connectivity index (χ3v) is 5.10. The minimum Gasteiger partial charge on any atom is -0.357 e. The number of nitrogens with two attached hydrogens (primary N) is 1. The van der Waals surface area contributed by atoms with Gasteiger partial charge in [0.25, 0.3) is 0 Å². The molecule has 0 aliphatic carbocycles. The molecule has 1 aliphatic rings. The molecule has 2 amide bonds. The predicted molar refractivity (Wildman–Crippen MR) is 108 cm³/mol. The van der Waals surface area contributed by atoms with Gasteiger partial charge < -0.3 is 21.3 Å². The summed E-state index contributed by atoms with van der Waals surface area (Å²) >= 11 is 6.22. The number of piperidine rings is 1. The van der Waals surface area contributed by atoms with Crippen LogP contribution in [0.2, 0.25) is 5.02 Å². The van der Waals surface area contributed by atoms with Gasteiger partial charge in [0.1, 0.15) is 5.82 Å². The number of amides is 2. The number of primary amides is 1. The van der Waals surface area contributed by atoms with Crippen LogP contribution in [0, 0.1) is 5.82 Å². The van der Waals surface area contributed by atoms with Crippen molar-refractivity contribution in [1.82, 2.24) is 15.5 Å². The quantitative estimate of drug-likeness (QED) is 0.527. The smallest absolute Gasteiger partial charge is 0.314 e. The summed E-state index contributed by atoms with van der Waals surface area (Å²) in [5, 5.41) is 7.09. The molecule has 1 aliphatic heterocycles. The molecule has 4 N–H and O–H groups in total. The van der Waals surface area contributed by atoms with Gasteiger partial charge in [0.05, 0.1) is 6.54 Å². The van der Waals surface area contributed by atoms with E-state index in [0.29, 0.717) is 24.7 Å². The highest BCUT2D eigenvalue weighted by atomic mass is 35.5. The summed E-state index contributed by atoms with van der Waals surface area (Å²) in [7, 11) is 0. The fourth-order valence-corrected chi connectivity index (χ4v) is 3.58. The molecule has 1 aromatic rings. The fraction of sp³-hybridized carbons (Fsp3) is 0.579. The topological polar surface area (TPSA) is 82.8 Å². The van der Waals surface area contributed by atoms with Gasteiger partial charge in [0.15, 0.2) is 5.96 Å². The van der Waals surface area contributed by atoms with Gasteiger partial charge in [-0.25, -0.2) is 9.18 Å². The van der Waals surface area contributed by atoms with Gasteiger partial charge in [-0.05, 0) is 37.5 Å². The van der Waals surface area contributed by atoms with Crippen molar-refractivity contribution < 1.29 is 9.18 Å². The molecule has 0 unspecified atom stereocenters. The van der Waals surface area contributed by atoms with E-state index < -0.39 is 0 Å². The molecule has 0 bridgehead atoms. The number of hydrogen-bond acceptors (Lipinski definition) is 2. The van der Waals surface area contributed by atoms with E-state index in [1.165, 1.54) is 12.1 Å². The van der Waals surface area contributed by atoms with Gasteiger partial charge in [-0.1, -0.05) is 31.5 Å². The highest BCUT2D eigenvalue weighted by Gasteiger charge is 2.25. The molecule has 6 nitrogen and oxygen atoms in total. The Hall–Kier alpha value is -2.02. The van der Waals surface area contributed by atoms with Crippen LogP contribution in [0.15, 0.2) is 23.2 Å². The first kappa shape index (κ1) is 21.3. The van der Waals surface area contributed by atoms with Crippen molar-refractivity contribution in [2.24, 2.45) is 10.7 Å². The van der Waals surface area contributed by atoms with Crippen LogP contribution in [-0.2, 0) is 5.41 Å². The molecule has 2 rings (SSSR count). The first-order valence-corrected chi connectivity index (χ1v) is 9.65. The number of halogens is 2. The van der Waals surface area contributed by atoms with E-state index in [2.05, 4.69) is 10.6 Å². The number of urea groups is 1. The Morgan fingerprint density at radius 3 is 2.63 bits per heavy atom. The maximum atomic E-state index is 13.3. The lowest BCUT2D eigenvalue weighted by molar-refractivity contribution is 0.188. The van der Waals surface area contributed by atoms with Crippen molar-refractivity contribution in [2.75, 3.05) is 26.2 Å². The number of benzene rings is 1. The van der Waals surface area contributed by atoms with Crippen molar-refractivity contribution in [2.45, 2.75) is 45.1 Å². The van der Waals surface area contributed by atoms with Crippen LogP contribution >= 0.6 is 11.6 Å². The predicted octanol–water partition coefficient (Wildman–Crippen LogP) is 2.85. The first-order chi connectivity index (χ1) is 12.7. The van der Waals surface area contributed by atoms with Crippen molar-refractivity contribution in [3.8, 4) is 0 Å². The van der Waals surface area contributed by atoms with E-state index >= 15 is 0 Å². The molecule has 0 saturated carbocycles. The van der Waals surface area contributed by atoms with Gasteiger partial charge in [0, 0.05) is 36.1 Å². The zero-order valence-corrected chi connectivity index (χ0v) is 16.9. The van der Waals surface area contributed by atoms with Crippen LogP contribution in [0.3, 0.4) is 0 Å². The highest BCUT2D eigenvalue weighted by molar-refractivity contribution is 6.31. The molecule has 0 aromatic heterocycles. The van der Waals surface area contributed by atoms with E-state index in [0.717, 1.165) is 30.9 Å². The average molecular weight is 398 g/mol. The molecule has 0 atom stereocenters. The number of rotatable bonds is 5. The van der Waals surface area contributed by atoms with Crippen molar-refractivity contribution in [3.63, 3.8) is 0 Å². The van der Waals surface area contributed by atoms with E-state index in [4.69, 9.17) is 22.3 Å². The Morgan fingerprint density at radius 1 is 1.41 bits per heavy atom. The normalized spacial score (nSPS) is 16.3. The molecule has 8 heteroatoms. The van der Waals surface area contributed by atoms with Crippen LogP contribution in [0.25, 0.3) is 0 Å². The summed E-state index contributed by atoms with van der Waals surface area (Å²) in [5.41, 5.74) is 5.85. The third-order valence-electron chi connectivity index (χ3n) is 4.78. The second kappa shape index (κ2) is 9.26. The summed E-state index contributed by atoms with van der Waals surface area (Å²) in [4.78, 5) is 17.6. The molecule has 1 aromatic carbocycles. The number of guanidine groups is 1. The molecule has 27 heavy (non-hydrogen) atoms. The highest BCUT2D eigenvalue weighted by Crippen LogP contribution is 2.30. The second-order valence-electron chi connectivity index (χ2n) is 7.45. The maximum Gasteiger partial charge on any atom is 0.314 e. The zero-order valence-electron chi connectivity index (χ0n) is 16.2. The van der Waals surface area contributed by atoms with E-state index in [9.17, 15) is 9.18 Å². The lowest BCUT2D eigenvalue weighted by Crippen LogP contribution is -2.51. The monoisotopic (exact) mass is 397 g/mol. The maximum absolute atomic E-state index is 13.3. The van der Waals surface area contributed by atoms with Gasteiger partial charge in [0.2, 0.25) is 0 Å². The number of carbonyl (C=O) groups is 1. The summed E-state index contributed by atoms with van der Waals surface area (Å²) in [6.45, 7) is 8.59. The lowest BCUT2D eigenvalue weighted by Gasteiger charge is -2.32. The van der Waals surface area contributed by atoms with Gasteiger partial charge in [-0.15, -0.1) is 0 Å². The van der Waals surface area contributed by atoms with Crippen molar-refractivity contribution in [1.29, 1.82) is 0 Å². The van der Waals surface area contributed by atoms with E-state index in [1.54, 1.807) is 11.0 Å². The van der Waals surface area contributed by atoms with Crippen LogP contribution in [0.1, 0.15) is 39.2 Å². The van der Waals surface area contributed by atoms with Crippen molar-refractivity contribution in [3.05, 3.63) is 34.6 Å². The summed E-state index contributed by atoms with van der Waals surface area (Å²) in [6, 6.07) is 4.33.